The molecule has 12 heavy (non-hydrogen) atoms. The van der Waals surface area contributed by atoms with Crippen LogP contribution in [0.2, 0.25) is 0 Å². The van der Waals surface area contributed by atoms with E-state index < -0.39 is 11.9 Å². The molecule has 0 fully saturated rings. The van der Waals surface area contributed by atoms with Crippen LogP contribution in [-0.2, 0) is 0 Å². The summed E-state index contributed by atoms with van der Waals surface area (Å²) in [7, 11) is 0. The van der Waals surface area contributed by atoms with Gasteiger partial charge in [0.2, 0.25) is 0 Å². The Bertz CT molecular complexity index is 314. The quantitative estimate of drug-likeness (QED) is 0.695. The third-order valence-electron chi connectivity index (χ3n) is 1.12. The van der Waals surface area contributed by atoms with E-state index in [1.54, 1.807) is 0 Å². The van der Waals surface area contributed by atoms with Crippen LogP contribution in [0, 0.1) is 0 Å². The third-order valence-corrected chi connectivity index (χ3v) is 1.90. The van der Waals surface area contributed by atoms with E-state index in [2.05, 4.69) is 26.1 Å². The van der Waals surface area contributed by atoms with Crippen LogP contribution in [0.15, 0.2) is 4.47 Å². The highest BCUT2D eigenvalue weighted by atomic mass is 79.9. The van der Waals surface area contributed by atoms with Crippen LogP contribution in [-0.4, -0.2) is 32.3 Å². The van der Waals surface area contributed by atoms with Crippen molar-refractivity contribution in [3.8, 4) is 0 Å². The minimum atomic E-state index is -1.29. The number of rotatable bonds is 2. The SMILES string of the molecule is O=C(O)c1n[nH]c(C(=O)O)c1Br. The number of hydrogen-bond donors (Lipinski definition) is 3. The number of carbonyl (C=O) groups is 2. The summed E-state index contributed by atoms with van der Waals surface area (Å²) in [5.41, 5.74) is -0.611. The zero-order valence-electron chi connectivity index (χ0n) is 5.54. The molecule has 6 nitrogen and oxygen atoms in total. The molecule has 0 bridgehead atoms. The summed E-state index contributed by atoms with van der Waals surface area (Å²) in [6.45, 7) is 0. The molecule has 0 saturated heterocycles. The summed E-state index contributed by atoms with van der Waals surface area (Å²) in [5, 5.41) is 22.3. The lowest BCUT2D eigenvalue weighted by atomic mass is 10.3. The molecule has 64 valence electrons. The van der Waals surface area contributed by atoms with E-state index in [0.717, 1.165) is 0 Å². The second-order valence-corrected chi connectivity index (χ2v) is 2.66. The molecule has 0 saturated carbocycles. The molecule has 0 aliphatic heterocycles. The Morgan fingerprint density at radius 1 is 1.33 bits per heavy atom. The van der Waals surface area contributed by atoms with Crippen LogP contribution in [0.25, 0.3) is 0 Å². The highest BCUT2D eigenvalue weighted by molar-refractivity contribution is 9.10. The lowest BCUT2D eigenvalue weighted by Gasteiger charge is -1.87. The number of nitrogens with one attached hydrogen (secondary N) is 1. The Morgan fingerprint density at radius 3 is 2.17 bits per heavy atom. The maximum Gasteiger partial charge on any atom is 0.357 e. The molecule has 0 amide bonds. The number of carboxylic acids is 2. The molecule has 0 aliphatic rings. The number of halogens is 1. The van der Waals surface area contributed by atoms with Crippen molar-refractivity contribution < 1.29 is 19.8 Å². The fourth-order valence-electron chi connectivity index (χ4n) is 0.612. The van der Waals surface area contributed by atoms with Gasteiger partial charge in [-0.25, -0.2) is 9.59 Å². The molecule has 7 heteroatoms. The van der Waals surface area contributed by atoms with Crippen LogP contribution < -0.4 is 0 Å². The van der Waals surface area contributed by atoms with E-state index in [-0.39, 0.29) is 15.9 Å². The predicted molar refractivity (Wildman–Crippen MR) is 40.2 cm³/mol. The van der Waals surface area contributed by atoms with Crippen LogP contribution in [0.4, 0.5) is 0 Å². The zero-order chi connectivity index (χ0) is 9.30. The lowest BCUT2D eigenvalue weighted by molar-refractivity contribution is 0.0683. The molecule has 0 aliphatic carbocycles. The molecule has 0 unspecified atom stereocenters. The van der Waals surface area contributed by atoms with Gasteiger partial charge < -0.3 is 10.2 Å². The number of aromatic nitrogens is 2. The second kappa shape index (κ2) is 2.94. The number of H-pyrrole nitrogens is 1. The average Bonchev–Trinajstić information content (AvgIpc) is 2.30. The van der Waals surface area contributed by atoms with Gasteiger partial charge in [0.25, 0.3) is 0 Å². The van der Waals surface area contributed by atoms with Crippen molar-refractivity contribution in [2.24, 2.45) is 0 Å². The first-order valence-electron chi connectivity index (χ1n) is 2.74. The van der Waals surface area contributed by atoms with Gasteiger partial charge in [0, 0.05) is 0 Å². The standard InChI is InChI=1S/C5H3BrN2O4/c6-1-2(4(9)10)7-8-3(1)5(11)12/h(H,7,8)(H,9,10)(H,11,12). The zero-order valence-corrected chi connectivity index (χ0v) is 7.12. The van der Waals surface area contributed by atoms with Crippen molar-refractivity contribution in [1.82, 2.24) is 10.2 Å². The highest BCUT2D eigenvalue weighted by Gasteiger charge is 2.20. The van der Waals surface area contributed by atoms with E-state index in [9.17, 15) is 9.59 Å². The van der Waals surface area contributed by atoms with E-state index in [1.807, 2.05) is 0 Å². The van der Waals surface area contributed by atoms with Gasteiger partial charge in [-0.05, 0) is 15.9 Å². The summed E-state index contributed by atoms with van der Waals surface area (Å²) >= 11 is 2.80. The number of nitrogens with zero attached hydrogens (tertiary/aromatic N) is 1. The second-order valence-electron chi connectivity index (χ2n) is 1.87. The first-order chi connectivity index (χ1) is 5.54. The third kappa shape index (κ3) is 1.30. The van der Waals surface area contributed by atoms with Crippen LogP contribution in [0.3, 0.4) is 0 Å². The smallest absolute Gasteiger partial charge is 0.357 e. The topological polar surface area (TPSA) is 103 Å². The normalized spacial score (nSPS) is 9.75. The molecule has 0 aromatic carbocycles. The monoisotopic (exact) mass is 234 g/mol. The predicted octanol–water partition coefficient (Wildman–Crippen LogP) is 0.569. The highest BCUT2D eigenvalue weighted by Crippen LogP contribution is 2.18. The van der Waals surface area contributed by atoms with Crippen molar-refractivity contribution in [1.29, 1.82) is 0 Å². The Balaban J connectivity index is 3.22. The van der Waals surface area contributed by atoms with Crippen molar-refractivity contribution in [3.63, 3.8) is 0 Å². The molecule has 1 aromatic rings. The van der Waals surface area contributed by atoms with Crippen molar-refractivity contribution in [2.75, 3.05) is 0 Å². The van der Waals surface area contributed by atoms with Crippen LogP contribution in [0.5, 0.6) is 0 Å². The molecular formula is C5H3BrN2O4. The summed E-state index contributed by atoms with van der Waals surface area (Å²) in [6.07, 6.45) is 0. The maximum atomic E-state index is 10.4. The van der Waals surface area contributed by atoms with Gasteiger partial charge in [0.1, 0.15) is 0 Å². The van der Waals surface area contributed by atoms with Gasteiger partial charge in [-0.15, -0.1) is 0 Å². The Kier molecular flexibility index (Phi) is 2.13. The van der Waals surface area contributed by atoms with E-state index in [0.29, 0.717) is 0 Å². The molecule has 0 radical (unpaired) electrons. The average molecular weight is 235 g/mol. The fourth-order valence-corrected chi connectivity index (χ4v) is 1.13. The van der Waals surface area contributed by atoms with E-state index in [4.69, 9.17) is 10.2 Å². The largest absolute Gasteiger partial charge is 0.476 e. The molecule has 1 aromatic heterocycles. The summed E-state index contributed by atoms with van der Waals surface area (Å²) in [6, 6.07) is 0. The first-order valence-corrected chi connectivity index (χ1v) is 3.53. The van der Waals surface area contributed by atoms with Gasteiger partial charge in [-0.1, -0.05) is 0 Å². The minimum absolute atomic E-state index is 0.0532. The maximum absolute atomic E-state index is 10.4. The molecule has 0 spiro atoms. The van der Waals surface area contributed by atoms with Crippen molar-refractivity contribution >= 4 is 27.9 Å². The number of carboxylic acid groups (broad SMARTS) is 2. The lowest BCUT2D eigenvalue weighted by Crippen LogP contribution is -1.99. The summed E-state index contributed by atoms with van der Waals surface area (Å²) in [5.74, 6) is -2.55. The fraction of sp³-hybridized carbons (Fsp3) is 0. The molecule has 1 rings (SSSR count). The molecule has 0 atom stereocenters. The Labute approximate surface area is 74.3 Å². The van der Waals surface area contributed by atoms with Gasteiger partial charge in [0.05, 0.1) is 4.47 Å². The van der Waals surface area contributed by atoms with Crippen molar-refractivity contribution in [3.05, 3.63) is 15.9 Å². The molecule has 3 N–H and O–H groups in total. The van der Waals surface area contributed by atoms with E-state index >= 15 is 0 Å². The summed E-state index contributed by atoms with van der Waals surface area (Å²) in [4.78, 5) is 20.7. The molecule has 1 heterocycles. The van der Waals surface area contributed by atoms with E-state index in [1.165, 1.54) is 0 Å². The van der Waals surface area contributed by atoms with Gasteiger partial charge in [-0.3, -0.25) is 5.10 Å². The Hall–Kier alpha value is -1.37. The van der Waals surface area contributed by atoms with Gasteiger partial charge >= 0.3 is 11.9 Å². The van der Waals surface area contributed by atoms with Gasteiger partial charge in [-0.2, -0.15) is 5.10 Å². The number of hydrogen-bond acceptors (Lipinski definition) is 3. The minimum Gasteiger partial charge on any atom is -0.476 e. The number of aromatic amines is 1. The van der Waals surface area contributed by atoms with Crippen molar-refractivity contribution in [2.45, 2.75) is 0 Å². The number of aromatic carboxylic acids is 2. The molecular weight excluding hydrogens is 232 g/mol. The van der Waals surface area contributed by atoms with Crippen LogP contribution >= 0.6 is 15.9 Å². The summed E-state index contributed by atoms with van der Waals surface area (Å²) < 4.78 is -0.0532. The Morgan fingerprint density at radius 2 is 1.92 bits per heavy atom. The first kappa shape index (κ1) is 8.72. The van der Waals surface area contributed by atoms with Crippen LogP contribution in [0.1, 0.15) is 21.0 Å². The van der Waals surface area contributed by atoms with Gasteiger partial charge in [0.15, 0.2) is 11.4 Å².